The Bertz CT molecular complexity index is 1100. The van der Waals surface area contributed by atoms with E-state index in [-0.39, 0.29) is 121 Å². The van der Waals surface area contributed by atoms with Crippen molar-refractivity contribution in [1.82, 2.24) is 26.6 Å². The fourth-order valence-corrected chi connectivity index (χ4v) is 5.16. The van der Waals surface area contributed by atoms with Gasteiger partial charge in [-0.05, 0) is 25.7 Å². The van der Waals surface area contributed by atoms with Crippen molar-refractivity contribution in [1.29, 1.82) is 0 Å². The molecule has 1 atom stereocenters. The highest BCUT2D eigenvalue weighted by Crippen LogP contribution is 2.13. The van der Waals surface area contributed by atoms with Crippen LogP contribution in [0.3, 0.4) is 0 Å². The molecule has 18 heteroatoms. The fourth-order valence-electron chi connectivity index (χ4n) is 5.16. The first kappa shape index (κ1) is 52.1. The van der Waals surface area contributed by atoms with Crippen molar-refractivity contribution in [2.75, 3.05) is 79.0 Å². The SMILES string of the molecule is [CH2]C(=O)NCCCNC(=O)COCCOCCNC(=O)COCCOCCNC(=O)CC[C@H](NC(=O)CCCCCCCCCCCCCCC(=O)O)C(=O)O. The van der Waals surface area contributed by atoms with E-state index in [1.54, 1.807) is 0 Å². The van der Waals surface area contributed by atoms with Crippen LogP contribution in [-0.4, -0.2) is 137 Å². The van der Waals surface area contributed by atoms with E-state index in [4.69, 9.17) is 24.1 Å². The van der Waals surface area contributed by atoms with E-state index in [9.17, 15) is 38.7 Å². The zero-order valence-corrected chi connectivity index (χ0v) is 33.2. The summed E-state index contributed by atoms with van der Waals surface area (Å²) in [7, 11) is 0. The van der Waals surface area contributed by atoms with Gasteiger partial charge in [0, 0.05) is 52.4 Å². The van der Waals surface area contributed by atoms with Crippen LogP contribution in [0.25, 0.3) is 0 Å². The molecule has 18 nitrogen and oxygen atoms in total. The Morgan fingerprint density at radius 3 is 1.36 bits per heavy atom. The van der Waals surface area contributed by atoms with Crippen LogP contribution in [0.15, 0.2) is 0 Å². The van der Waals surface area contributed by atoms with Gasteiger partial charge in [0.25, 0.3) is 0 Å². The molecular weight excluding hydrogens is 734 g/mol. The van der Waals surface area contributed by atoms with Gasteiger partial charge < -0.3 is 55.7 Å². The molecule has 0 aliphatic carbocycles. The molecule has 0 aromatic carbocycles. The van der Waals surface area contributed by atoms with E-state index < -0.39 is 18.0 Å². The molecule has 0 fully saturated rings. The van der Waals surface area contributed by atoms with Gasteiger partial charge in [0.2, 0.25) is 29.5 Å². The van der Waals surface area contributed by atoms with Crippen molar-refractivity contribution in [3.8, 4) is 0 Å². The number of nitrogens with one attached hydrogen (secondary N) is 5. The van der Waals surface area contributed by atoms with Gasteiger partial charge in [0.1, 0.15) is 19.3 Å². The van der Waals surface area contributed by atoms with Crippen molar-refractivity contribution < 1.29 is 62.7 Å². The lowest BCUT2D eigenvalue weighted by atomic mass is 10.0. The van der Waals surface area contributed by atoms with Gasteiger partial charge in [-0.1, -0.05) is 64.2 Å². The summed E-state index contributed by atoms with van der Waals surface area (Å²) in [6, 6.07) is -1.15. The summed E-state index contributed by atoms with van der Waals surface area (Å²) in [6.45, 7) is 5.50. The average molecular weight is 803 g/mol. The number of hydrogen-bond acceptors (Lipinski definition) is 11. The zero-order valence-electron chi connectivity index (χ0n) is 33.2. The lowest BCUT2D eigenvalue weighted by Gasteiger charge is -2.14. The number of ether oxygens (including phenoxy) is 4. The van der Waals surface area contributed by atoms with Gasteiger partial charge in [0.05, 0.1) is 39.6 Å². The van der Waals surface area contributed by atoms with E-state index in [2.05, 4.69) is 33.5 Å². The highest BCUT2D eigenvalue weighted by Gasteiger charge is 2.20. The highest BCUT2D eigenvalue weighted by atomic mass is 16.5. The first-order valence-electron chi connectivity index (χ1n) is 20.0. The molecule has 0 aliphatic rings. The summed E-state index contributed by atoms with van der Waals surface area (Å²) in [5.41, 5.74) is 0. The smallest absolute Gasteiger partial charge is 0.326 e. The monoisotopic (exact) mass is 802 g/mol. The van der Waals surface area contributed by atoms with Gasteiger partial charge in [-0.15, -0.1) is 0 Å². The van der Waals surface area contributed by atoms with E-state index in [0.717, 1.165) is 51.4 Å². The third-order valence-corrected chi connectivity index (χ3v) is 8.18. The molecule has 0 spiro atoms. The molecule has 56 heavy (non-hydrogen) atoms. The number of carboxylic acid groups (broad SMARTS) is 2. The molecule has 7 N–H and O–H groups in total. The molecule has 323 valence electrons. The summed E-state index contributed by atoms with van der Waals surface area (Å²) in [4.78, 5) is 80.7. The predicted molar refractivity (Wildman–Crippen MR) is 206 cm³/mol. The summed E-state index contributed by atoms with van der Waals surface area (Å²) in [6.07, 6.45) is 13.3. The summed E-state index contributed by atoms with van der Waals surface area (Å²) >= 11 is 0. The van der Waals surface area contributed by atoms with Crippen LogP contribution in [0, 0.1) is 6.92 Å². The number of hydrogen-bond donors (Lipinski definition) is 7. The average Bonchev–Trinajstić information content (AvgIpc) is 3.14. The van der Waals surface area contributed by atoms with Crippen LogP contribution in [-0.2, 0) is 52.5 Å². The minimum Gasteiger partial charge on any atom is -0.481 e. The first-order valence-corrected chi connectivity index (χ1v) is 20.0. The lowest BCUT2D eigenvalue weighted by Crippen LogP contribution is -2.41. The van der Waals surface area contributed by atoms with E-state index in [1.807, 2.05) is 0 Å². The standard InChI is InChI=1S/C38H68N5O13/c1-31(44)39-19-14-20-40-35(47)29-55-27-26-54-24-22-42-36(48)30-56-28-25-53-23-21-41-33(45)18-17-32(38(51)52)43-34(46)15-12-10-8-6-4-2-3-5-7-9-11-13-16-37(49)50/h32H,1-30H2,(H,39,44)(H,40,47)(H,41,45)(H,42,48)(H,43,46)(H,49,50)(H,51,52)/t32-/m0/s1. The summed E-state index contributed by atoms with van der Waals surface area (Å²) in [5.74, 6) is -3.58. The van der Waals surface area contributed by atoms with Crippen molar-refractivity contribution in [2.45, 2.75) is 115 Å². The molecule has 0 rings (SSSR count). The molecule has 0 aromatic rings. The third kappa shape index (κ3) is 38.4. The maximum atomic E-state index is 12.3. The Balaban J connectivity index is 3.65. The van der Waals surface area contributed by atoms with Gasteiger partial charge in [-0.3, -0.25) is 28.8 Å². The van der Waals surface area contributed by atoms with Crippen molar-refractivity contribution in [3.05, 3.63) is 6.92 Å². The number of carboxylic acids is 2. The molecule has 1 radical (unpaired) electrons. The maximum Gasteiger partial charge on any atom is 0.326 e. The Hall–Kier alpha value is -3.87. The van der Waals surface area contributed by atoms with Gasteiger partial charge >= 0.3 is 11.9 Å². The molecular formula is C38H68N5O13. The predicted octanol–water partition coefficient (Wildman–Crippen LogP) is 1.64. The molecule has 0 aliphatic heterocycles. The van der Waals surface area contributed by atoms with E-state index in [0.29, 0.717) is 25.9 Å². The Kier molecular flexibility index (Phi) is 35.4. The number of carbonyl (C=O) groups excluding carboxylic acids is 5. The lowest BCUT2D eigenvalue weighted by molar-refractivity contribution is -0.142. The van der Waals surface area contributed by atoms with Crippen molar-refractivity contribution >= 4 is 41.5 Å². The van der Waals surface area contributed by atoms with Crippen molar-refractivity contribution in [2.24, 2.45) is 0 Å². The highest BCUT2D eigenvalue weighted by molar-refractivity contribution is 5.84. The molecule has 0 bridgehead atoms. The maximum absolute atomic E-state index is 12.3. The van der Waals surface area contributed by atoms with Crippen LogP contribution in [0.1, 0.15) is 109 Å². The molecule has 0 heterocycles. The van der Waals surface area contributed by atoms with E-state index >= 15 is 0 Å². The topological polar surface area (TPSA) is 257 Å². The molecule has 0 saturated carbocycles. The minimum absolute atomic E-state index is 0.0318. The second-order valence-electron chi connectivity index (χ2n) is 13.2. The quantitative estimate of drug-likeness (QED) is 0.0436. The van der Waals surface area contributed by atoms with Crippen LogP contribution in [0.2, 0.25) is 0 Å². The number of aliphatic carboxylic acids is 2. The normalized spacial score (nSPS) is 11.4. The number of unbranched alkanes of at least 4 members (excludes halogenated alkanes) is 11. The second-order valence-corrected chi connectivity index (χ2v) is 13.2. The van der Waals surface area contributed by atoms with Crippen LogP contribution >= 0.6 is 0 Å². The number of carbonyl (C=O) groups is 7. The van der Waals surface area contributed by atoms with Crippen LogP contribution in [0.4, 0.5) is 0 Å². The Morgan fingerprint density at radius 2 is 0.875 bits per heavy atom. The molecule has 5 amide bonds. The fraction of sp³-hybridized carbons (Fsp3) is 0.789. The zero-order chi connectivity index (χ0) is 41.5. The van der Waals surface area contributed by atoms with Crippen LogP contribution < -0.4 is 26.6 Å². The van der Waals surface area contributed by atoms with Crippen LogP contribution in [0.5, 0.6) is 0 Å². The van der Waals surface area contributed by atoms with Gasteiger partial charge in [-0.2, -0.15) is 0 Å². The molecule has 0 aromatic heterocycles. The second kappa shape index (κ2) is 38.0. The number of amides is 5. The Labute approximate surface area is 331 Å². The van der Waals surface area contributed by atoms with Gasteiger partial charge in [0.15, 0.2) is 0 Å². The minimum atomic E-state index is -1.19. The largest absolute Gasteiger partial charge is 0.481 e. The first-order chi connectivity index (χ1) is 27.0. The molecule has 0 saturated heterocycles. The Morgan fingerprint density at radius 1 is 0.446 bits per heavy atom. The third-order valence-electron chi connectivity index (χ3n) is 8.18. The molecule has 0 unspecified atom stereocenters. The number of rotatable bonds is 40. The summed E-state index contributed by atoms with van der Waals surface area (Å²) < 4.78 is 21.2. The summed E-state index contributed by atoms with van der Waals surface area (Å²) in [5, 5.41) is 31.1. The van der Waals surface area contributed by atoms with Crippen molar-refractivity contribution in [3.63, 3.8) is 0 Å². The van der Waals surface area contributed by atoms with Gasteiger partial charge in [-0.25, -0.2) is 4.79 Å². The van der Waals surface area contributed by atoms with E-state index in [1.165, 1.54) is 19.3 Å².